The summed E-state index contributed by atoms with van der Waals surface area (Å²) in [5, 5.41) is 20.2. The number of carbonyl (C=O) groups excluding carboxylic acids is 2. The second-order valence-corrected chi connectivity index (χ2v) is 11.0. The van der Waals surface area contributed by atoms with Crippen molar-refractivity contribution in [3.63, 3.8) is 0 Å². The molecular weight excluding hydrogens is 539 g/mol. The molecule has 3 N–H and O–H groups in total. The molecule has 1 aromatic heterocycles. The highest BCUT2D eigenvalue weighted by Gasteiger charge is 2.45. The largest absolute Gasteiger partial charge is 0.451 e. The Bertz CT molecular complexity index is 1470. The molecule has 1 fully saturated rings. The molecule has 3 aromatic rings. The lowest BCUT2D eigenvalue weighted by Gasteiger charge is -2.38. The van der Waals surface area contributed by atoms with E-state index in [4.69, 9.17) is 16.3 Å². The van der Waals surface area contributed by atoms with Gasteiger partial charge in [-0.05, 0) is 76.4 Å². The van der Waals surface area contributed by atoms with Gasteiger partial charge in [0.1, 0.15) is 18.5 Å². The fraction of sp³-hybridized carbons (Fsp3) is 0.379. The normalized spacial score (nSPS) is 17.9. The third-order valence-corrected chi connectivity index (χ3v) is 7.23. The first-order valence-corrected chi connectivity index (χ1v) is 13.3. The zero-order chi connectivity index (χ0) is 29.2. The van der Waals surface area contributed by atoms with Crippen molar-refractivity contribution in [1.82, 2.24) is 20.4 Å². The number of nitrogens with zero attached hydrogens (tertiary/aromatic N) is 2. The van der Waals surface area contributed by atoms with Crippen LogP contribution >= 0.6 is 11.6 Å². The maximum Gasteiger partial charge on any atom is 0.307 e. The molecule has 40 heavy (non-hydrogen) atoms. The van der Waals surface area contributed by atoms with Gasteiger partial charge >= 0.3 is 5.56 Å². The van der Waals surface area contributed by atoms with Crippen LogP contribution in [0.5, 0.6) is 11.5 Å². The predicted molar refractivity (Wildman–Crippen MR) is 148 cm³/mol. The average molecular weight is 571 g/mol. The van der Waals surface area contributed by atoms with Crippen molar-refractivity contribution in [2.75, 3.05) is 0 Å². The van der Waals surface area contributed by atoms with Gasteiger partial charge in [-0.25, -0.2) is 9.49 Å². The van der Waals surface area contributed by atoms with Crippen LogP contribution in [0.3, 0.4) is 0 Å². The van der Waals surface area contributed by atoms with Crippen LogP contribution in [-0.2, 0) is 11.5 Å². The molecule has 4 rings (SSSR count). The highest BCUT2D eigenvalue weighted by molar-refractivity contribution is 6.30. The van der Waals surface area contributed by atoms with Gasteiger partial charge in [-0.3, -0.25) is 14.4 Å². The summed E-state index contributed by atoms with van der Waals surface area (Å²) >= 11 is 6.21. The van der Waals surface area contributed by atoms with Gasteiger partial charge in [0, 0.05) is 22.2 Å². The fourth-order valence-electron chi connectivity index (χ4n) is 5.02. The van der Waals surface area contributed by atoms with Crippen LogP contribution in [0.2, 0.25) is 5.02 Å². The SMILES string of the molecule is Cc1cc(Oc2ccc(C(=O)NC(C)C(=O)N3[C@H](c4cccc(Cl)c4)CC[C@@H]3C(C)(C)O)cc2CF)c(=O)[nH]n1. The maximum absolute atomic E-state index is 13.9. The van der Waals surface area contributed by atoms with E-state index in [1.807, 2.05) is 12.1 Å². The van der Waals surface area contributed by atoms with Crippen molar-refractivity contribution >= 4 is 23.4 Å². The number of H-pyrrole nitrogens is 1. The number of halogens is 2. The van der Waals surface area contributed by atoms with Crippen molar-refractivity contribution in [3.8, 4) is 11.5 Å². The Morgan fingerprint density at radius 2 is 1.98 bits per heavy atom. The molecule has 11 heteroatoms. The van der Waals surface area contributed by atoms with E-state index >= 15 is 0 Å². The average Bonchev–Trinajstić information content (AvgIpc) is 3.36. The number of hydrogen-bond acceptors (Lipinski definition) is 6. The van der Waals surface area contributed by atoms with Crippen LogP contribution in [-0.4, -0.2) is 49.7 Å². The van der Waals surface area contributed by atoms with E-state index in [0.717, 1.165) is 5.56 Å². The van der Waals surface area contributed by atoms with Crippen LogP contribution in [0, 0.1) is 6.92 Å². The van der Waals surface area contributed by atoms with E-state index in [-0.39, 0.29) is 34.6 Å². The quantitative estimate of drug-likeness (QED) is 0.363. The van der Waals surface area contributed by atoms with Gasteiger partial charge in [-0.2, -0.15) is 5.10 Å². The number of nitrogens with one attached hydrogen (secondary N) is 2. The number of amides is 2. The number of aromatic amines is 1. The molecule has 1 aliphatic rings. The maximum atomic E-state index is 13.9. The van der Waals surface area contributed by atoms with Gasteiger partial charge in [0.25, 0.3) is 5.91 Å². The number of aromatic nitrogens is 2. The number of benzene rings is 2. The van der Waals surface area contributed by atoms with E-state index < -0.39 is 35.8 Å². The van der Waals surface area contributed by atoms with Crippen molar-refractivity contribution in [1.29, 1.82) is 0 Å². The summed E-state index contributed by atoms with van der Waals surface area (Å²) in [5.41, 5.74) is -0.222. The first-order valence-electron chi connectivity index (χ1n) is 12.9. The summed E-state index contributed by atoms with van der Waals surface area (Å²) < 4.78 is 19.5. The van der Waals surface area contributed by atoms with Gasteiger partial charge in [0.05, 0.1) is 23.4 Å². The molecule has 0 bridgehead atoms. The number of likely N-dealkylation sites (tertiary alicyclic amines) is 1. The number of alkyl halides is 1. The molecule has 1 aliphatic heterocycles. The van der Waals surface area contributed by atoms with E-state index in [2.05, 4.69) is 15.5 Å². The number of aryl methyl sites for hydroxylation is 1. The highest BCUT2D eigenvalue weighted by Crippen LogP contribution is 2.41. The molecular formula is C29H32ClFN4O5. The summed E-state index contributed by atoms with van der Waals surface area (Å²) in [6, 6.07) is 11.1. The van der Waals surface area contributed by atoms with Crippen molar-refractivity contribution in [2.24, 2.45) is 0 Å². The molecule has 3 atom stereocenters. The molecule has 2 amide bonds. The lowest BCUT2D eigenvalue weighted by Crippen LogP contribution is -2.54. The summed E-state index contributed by atoms with van der Waals surface area (Å²) in [7, 11) is 0. The molecule has 0 spiro atoms. The van der Waals surface area contributed by atoms with Gasteiger partial charge in [-0.15, -0.1) is 0 Å². The van der Waals surface area contributed by atoms with Gasteiger partial charge in [-0.1, -0.05) is 23.7 Å². The second-order valence-electron chi connectivity index (χ2n) is 10.5. The van der Waals surface area contributed by atoms with E-state index in [1.54, 1.807) is 44.7 Å². The van der Waals surface area contributed by atoms with Crippen molar-refractivity contribution in [2.45, 2.75) is 70.9 Å². The van der Waals surface area contributed by atoms with Crippen LogP contribution in [0.1, 0.15) is 66.8 Å². The third-order valence-electron chi connectivity index (χ3n) is 6.99. The molecule has 0 aliphatic carbocycles. The van der Waals surface area contributed by atoms with Crippen molar-refractivity contribution in [3.05, 3.63) is 86.3 Å². The zero-order valence-corrected chi connectivity index (χ0v) is 23.5. The first-order chi connectivity index (χ1) is 18.9. The number of carbonyl (C=O) groups is 2. The Hall–Kier alpha value is -3.76. The van der Waals surface area contributed by atoms with Gasteiger partial charge in [0.2, 0.25) is 5.91 Å². The molecule has 2 heterocycles. The van der Waals surface area contributed by atoms with Gasteiger partial charge in [0.15, 0.2) is 5.75 Å². The summed E-state index contributed by atoms with van der Waals surface area (Å²) in [5.74, 6) is -0.924. The van der Waals surface area contributed by atoms with E-state index in [9.17, 15) is 23.9 Å². The van der Waals surface area contributed by atoms with E-state index in [1.165, 1.54) is 24.3 Å². The number of ether oxygens (including phenoxy) is 1. The van der Waals surface area contributed by atoms with Crippen LogP contribution < -0.4 is 15.6 Å². The molecule has 0 radical (unpaired) electrons. The Morgan fingerprint density at radius 1 is 1.23 bits per heavy atom. The fourth-order valence-corrected chi connectivity index (χ4v) is 5.22. The zero-order valence-electron chi connectivity index (χ0n) is 22.7. The molecule has 1 unspecified atom stereocenters. The van der Waals surface area contributed by atoms with Gasteiger partial charge < -0.3 is 20.1 Å². The molecule has 9 nitrogen and oxygen atoms in total. The Kier molecular flexibility index (Phi) is 8.60. The van der Waals surface area contributed by atoms with Crippen LogP contribution in [0.15, 0.2) is 53.3 Å². The topological polar surface area (TPSA) is 125 Å². The number of rotatable bonds is 8. The molecule has 2 aromatic carbocycles. The Labute approximate surface area is 236 Å². The monoisotopic (exact) mass is 570 g/mol. The molecule has 212 valence electrons. The molecule has 1 saturated heterocycles. The Balaban J connectivity index is 1.54. The predicted octanol–water partition coefficient (Wildman–Crippen LogP) is 4.62. The van der Waals surface area contributed by atoms with Crippen LogP contribution in [0.4, 0.5) is 4.39 Å². The standard InChI is InChI=1S/C29H32ClFN4O5/c1-16-12-24(27(37)34-33-16)40-23-10-8-19(13-20(23)15-31)26(36)32-17(2)28(38)35-22(9-11-25(35)29(3,4)39)18-6-5-7-21(30)14-18/h5-8,10,12-14,17,22,25,39H,9,11,15H2,1-4H3,(H,32,36)(H,34,37)/t17?,22-,25+/m0/s1. The minimum Gasteiger partial charge on any atom is -0.451 e. The minimum atomic E-state index is -1.17. The lowest BCUT2D eigenvalue weighted by atomic mass is 9.96. The van der Waals surface area contributed by atoms with Crippen LogP contribution in [0.25, 0.3) is 0 Å². The third kappa shape index (κ3) is 6.34. The first kappa shape index (κ1) is 29.2. The van der Waals surface area contributed by atoms with E-state index in [0.29, 0.717) is 23.6 Å². The highest BCUT2D eigenvalue weighted by atomic mass is 35.5. The minimum absolute atomic E-state index is 0.0557. The van der Waals surface area contributed by atoms with Crippen molar-refractivity contribution < 1.29 is 23.8 Å². The summed E-state index contributed by atoms with van der Waals surface area (Å²) in [4.78, 5) is 40.5. The summed E-state index contributed by atoms with van der Waals surface area (Å²) in [6.07, 6.45) is 1.21. The Morgan fingerprint density at radius 3 is 2.65 bits per heavy atom. The number of aliphatic hydroxyl groups is 1. The summed E-state index contributed by atoms with van der Waals surface area (Å²) in [6.45, 7) is 5.60. The number of hydrogen-bond donors (Lipinski definition) is 3. The lowest BCUT2D eigenvalue weighted by molar-refractivity contribution is -0.141. The smallest absolute Gasteiger partial charge is 0.307 e. The molecule has 0 saturated carbocycles. The second kappa shape index (κ2) is 11.8.